The number of aryl methyl sites for hydroxylation is 1. The maximum atomic E-state index is 11.8. The van der Waals surface area contributed by atoms with Gasteiger partial charge in [0.2, 0.25) is 5.13 Å². The number of anilines is 1. The Balaban J connectivity index is 2.19. The zero-order valence-electron chi connectivity index (χ0n) is 8.96. The summed E-state index contributed by atoms with van der Waals surface area (Å²) >= 11 is 1.30. The van der Waals surface area contributed by atoms with Crippen LogP contribution in [-0.4, -0.2) is 19.3 Å². The molecule has 2 heterocycles. The molecule has 0 amide bonds. The van der Waals surface area contributed by atoms with E-state index in [1.807, 2.05) is 6.92 Å². The monoisotopic (exact) mass is 239 g/mol. The molecule has 0 aromatic carbocycles. The van der Waals surface area contributed by atoms with Crippen LogP contribution in [0.1, 0.15) is 18.4 Å². The van der Waals surface area contributed by atoms with Crippen molar-refractivity contribution in [3.8, 4) is 0 Å². The number of hydrogen-bond acceptors (Lipinski definition) is 5. The third-order valence-electron chi connectivity index (χ3n) is 2.17. The Hall–Kier alpha value is -1.63. The summed E-state index contributed by atoms with van der Waals surface area (Å²) in [5.74, 6) is 0. The summed E-state index contributed by atoms with van der Waals surface area (Å²) < 4.78 is 3.29. The molecule has 0 atom stereocenters. The van der Waals surface area contributed by atoms with Crippen LogP contribution in [0.3, 0.4) is 0 Å². The van der Waals surface area contributed by atoms with E-state index in [0.717, 1.165) is 18.0 Å². The minimum atomic E-state index is -0.0179. The molecule has 6 nitrogen and oxygen atoms in total. The van der Waals surface area contributed by atoms with Gasteiger partial charge in [-0.1, -0.05) is 18.3 Å². The highest BCUT2D eigenvalue weighted by molar-refractivity contribution is 7.15. The third kappa shape index (κ3) is 2.13. The minimum absolute atomic E-state index is 0.0179. The predicted octanol–water partition coefficient (Wildman–Crippen LogP) is 0.542. The van der Waals surface area contributed by atoms with Crippen LogP contribution in [0.2, 0.25) is 0 Å². The molecular formula is C9H13N5OS. The van der Waals surface area contributed by atoms with Crippen molar-refractivity contribution in [2.45, 2.75) is 26.4 Å². The predicted molar refractivity (Wildman–Crippen MR) is 62.4 cm³/mol. The average molecular weight is 239 g/mol. The van der Waals surface area contributed by atoms with E-state index in [1.165, 1.54) is 11.3 Å². The zero-order chi connectivity index (χ0) is 11.5. The van der Waals surface area contributed by atoms with E-state index < -0.39 is 0 Å². The third-order valence-corrected chi connectivity index (χ3v) is 2.91. The molecular weight excluding hydrogens is 226 g/mol. The number of hydrogen-bond donors (Lipinski definition) is 1. The van der Waals surface area contributed by atoms with E-state index in [1.54, 1.807) is 21.5 Å². The number of rotatable bonds is 4. The summed E-state index contributed by atoms with van der Waals surface area (Å²) in [7, 11) is 0. The topological polar surface area (TPSA) is 78.7 Å². The lowest BCUT2D eigenvalue weighted by atomic mass is 10.5. The Morgan fingerprint density at radius 3 is 2.75 bits per heavy atom. The lowest BCUT2D eigenvalue weighted by molar-refractivity contribution is 0.622. The van der Waals surface area contributed by atoms with Gasteiger partial charge in [0.1, 0.15) is 5.01 Å². The van der Waals surface area contributed by atoms with Gasteiger partial charge in [-0.05, 0) is 6.42 Å². The van der Waals surface area contributed by atoms with Gasteiger partial charge in [-0.2, -0.15) is 0 Å². The molecule has 2 N–H and O–H groups in total. The molecule has 0 aliphatic rings. The second kappa shape index (κ2) is 4.48. The van der Waals surface area contributed by atoms with Crippen molar-refractivity contribution in [3.05, 3.63) is 27.9 Å². The molecule has 0 aliphatic heterocycles. The molecule has 86 valence electrons. The number of imidazole rings is 1. The molecule has 0 aliphatic carbocycles. The van der Waals surface area contributed by atoms with Crippen LogP contribution in [0, 0.1) is 0 Å². The van der Waals surface area contributed by atoms with Crippen molar-refractivity contribution in [2.75, 3.05) is 5.73 Å². The van der Waals surface area contributed by atoms with Crippen molar-refractivity contribution >= 4 is 16.5 Å². The average Bonchev–Trinajstić information content (AvgIpc) is 2.80. The first-order valence-electron chi connectivity index (χ1n) is 5.04. The van der Waals surface area contributed by atoms with E-state index in [-0.39, 0.29) is 5.69 Å². The van der Waals surface area contributed by atoms with Crippen LogP contribution in [0.15, 0.2) is 17.2 Å². The Morgan fingerprint density at radius 2 is 2.12 bits per heavy atom. The molecule has 2 aromatic rings. The smallest absolute Gasteiger partial charge is 0.328 e. The van der Waals surface area contributed by atoms with Gasteiger partial charge in [-0.3, -0.25) is 9.13 Å². The van der Waals surface area contributed by atoms with Gasteiger partial charge in [-0.15, -0.1) is 10.2 Å². The van der Waals surface area contributed by atoms with Crippen molar-refractivity contribution in [3.63, 3.8) is 0 Å². The summed E-state index contributed by atoms with van der Waals surface area (Å²) in [6.45, 7) is 3.21. The summed E-state index contributed by atoms with van der Waals surface area (Å²) in [5, 5.41) is 8.76. The van der Waals surface area contributed by atoms with Crippen LogP contribution in [0.25, 0.3) is 0 Å². The number of nitrogen functional groups attached to an aromatic ring is 1. The van der Waals surface area contributed by atoms with Crippen molar-refractivity contribution in [1.29, 1.82) is 0 Å². The van der Waals surface area contributed by atoms with Gasteiger partial charge in [0, 0.05) is 18.9 Å². The van der Waals surface area contributed by atoms with Gasteiger partial charge in [0.05, 0.1) is 6.54 Å². The van der Waals surface area contributed by atoms with Crippen molar-refractivity contribution < 1.29 is 0 Å². The van der Waals surface area contributed by atoms with Crippen LogP contribution >= 0.6 is 11.3 Å². The first-order chi connectivity index (χ1) is 7.70. The highest BCUT2D eigenvalue weighted by Gasteiger charge is 2.06. The summed E-state index contributed by atoms with van der Waals surface area (Å²) in [6.07, 6.45) is 4.49. The SMILES string of the molecule is CCCn1ccn(Cc2nnc(N)s2)c1=O. The highest BCUT2D eigenvalue weighted by Crippen LogP contribution is 2.11. The molecule has 0 saturated heterocycles. The fourth-order valence-electron chi connectivity index (χ4n) is 1.46. The number of aromatic nitrogens is 4. The zero-order valence-corrected chi connectivity index (χ0v) is 9.78. The van der Waals surface area contributed by atoms with Gasteiger partial charge >= 0.3 is 5.69 Å². The van der Waals surface area contributed by atoms with Crippen molar-refractivity contribution in [2.24, 2.45) is 0 Å². The van der Waals surface area contributed by atoms with Crippen LogP contribution in [-0.2, 0) is 13.1 Å². The van der Waals surface area contributed by atoms with E-state index in [4.69, 9.17) is 5.73 Å². The first kappa shape index (κ1) is 10.9. The summed E-state index contributed by atoms with van der Waals surface area (Å²) in [6, 6.07) is 0. The lowest BCUT2D eigenvalue weighted by Crippen LogP contribution is -2.24. The molecule has 7 heteroatoms. The van der Waals surface area contributed by atoms with E-state index in [9.17, 15) is 4.79 Å². The molecule has 2 rings (SSSR count). The van der Waals surface area contributed by atoms with Crippen LogP contribution in [0.4, 0.5) is 5.13 Å². The van der Waals surface area contributed by atoms with Gasteiger partial charge in [-0.25, -0.2) is 4.79 Å². The Bertz CT molecular complexity index is 526. The highest BCUT2D eigenvalue weighted by atomic mass is 32.1. The Labute approximate surface area is 96.3 Å². The van der Waals surface area contributed by atoms with Gasteiger partial charge in [0.25, 0.3) is 0 Å². The second-order valence-corrected chi connectivity index (χ2v) is 4.53. The Kier molecular flexibility index (Phi) is 3.04. The van der Waals surface area contributed by atoms with Crippen molar-refractivity contribution in [1.82, 2.24) is 19.3 Å². The maximum absolute atomic E-state index is 11.8. The van der Waals surface area contributed by atoms with Gasteiger partial charge < -0.3 is 5.73 Å². The van der Waals surface area contributed by atoms with Crippen LogP contribution in [0.5, 0.6) is 0 Å². The van der Waals surface area contributed by atoms with Gasteiger partial charge in [0.15, 0.2) is 0 Å². The molecule has 0 fully saturated rings. The quantitative estimate of drug-likeness (QED) is 0.844. The molecule has 0 radical (unpaired) electrons. The fourth-order valence-corrected chi connectivity index (χ4v) is 2.07. The molecule has 0 saturated carbocycles. The van der Waals surface area contributed by atoms with E-state index >= 15 is 0 Å². The second-order valence-electron chi connectivity index (χ2n) is 3.44. The Morgan fingerprint density at radius 1 is 1.38 bits per heavy atom. The lowest BCUT2D eigenvalue weighted by Gasteiger charge is -1.97. The number of nitrogens with two attached hydrogens (primary N) is 1. The largest absolute Gasteiger partial charge is 0.374 e. The summed E-state index contributed by atoms with van der Waals surface area (Å²) in [4.78, 5) is 11.8. The van der Waals surface area contributed by atoms with E-state index in [2.05, 4.69) is 10.2 Å². The minimum Gasteiger partial charge on any atom is -0.374 e. The van der Waals surface area contributed by atoms with E-state index in [0.29, 0.717) is 11.7 Å². The standard InChI is InChI=1S/C9H13N5OS/c1-2-3-13-4-5-14(9(13)15)6-7-11-12-8(10)16-7/h4-5H,2-3,6H2,1H3,(H2,10,12). The number of nitrogens with zero attached hydrogens (tertiary/aromatic N) is 4. The first-order valence-corrected chi connectivity index (χ1v) is 5.85. The molecule has 16 heavy (non-hydrogen) atoms. The molecule has 0 unspecified atom stereocenters. The normalized spacial score (nSPS) is 10.8. The fraction of sp³-hybridized carbons (Fsp3) is 0.444. The summed E-state index contributed by atoms with van der Waals surface area (Å²) in [5.41, 5.74) is 5.46. The van der Waals surface area contributed by atoms with Crippen LogP contribution < -0.4 is 11.4 Å². The molecule has 2 aromatic heterocycles. The molecule has 0 spiro atoms. The maximum Gasteiger partial charge on any atom is 0.328 e. The molecule has 0 bridgehead atoms.